The normalized spacial score (nSPS) is 14.7. The Morgan fingerprint density at radius 1 is 1.03 bits per heavy atom. The van der Waals surface area contributed by atoms with Gasteiger partial charge in [-0.05, 0) is 59.9 Å². The molecular weight excluding hydrogens is 397 g/mol. The smallest absolute Gasteiger partial charge is 0.338 e. The molecule has 3 aromatic carbocycles. The highest BCUT2D eigenvalue weighted by molar-refractivity contribution is 6.10. The highest BCUT2D eigenvalue weighted by Gasteiger charge is 2.25. The molecule has 1 fully saturated rings. The van der Waals surface area contributed by atoms with Crippen LogP contribution in [-0.4, -0.2) is 47.7 Å². The molecule has 1 aliphatic rings. The second kappa shape index (κ2) is 8.86. The van der Waals surface area contributed by atoms with E-state index in [4.69, 9.17) is 4.74 Å². The molecule has 1 amide bonds. The quantitative estimate of drug-likeness (QED) is 0.631. The van der Waals surface area contributed by atoms with Crippen molar-refractivity contribution in [2.45, 2.75) is 25.9 Å². The molecule has 0 saturated carbocycles. The molecule has 0 aliphatic carbocycles. The van der Waals surface area contributed by atoms with Crippen molar-refractivity contribution in [1.29, 1.82) is 0 Å². The topological polar surface area (TPSA) is 66.8 Å². The number of rotatable bonds is 5. The number of carbonyl (C=O) groups is 2. The van der Waals surface area contributed by atoms with Gasteiger partial charge in [-0.2, -0.15) is 0 Å². The third-order valence-corrected chi connectivity index (χ3v) is 5.79. The molecule has 0 radical (unpaired) electrons. The Bertz CT molecular complexity index is 1140. The van der Waals surface area contributed by atoms with Crippen molar-refractivity contribution in [3.05, 3.63) is 71.5 Å². The zero-order valence-corrected chi connectivity index (χ0v) is 17.3. The van der Waals surface area contributed by atoms with Crippen LogP contribution in [0.1, 0.15) is 40.5 Å². The van der Waals surface area contributed by atoms with Gasteiger partial charge in [-0.1, -0.05) is 36.4 Å². The summed E-state index contributed by atoms with van der Waals surface area (Å²) >= 11 is 0. The van der Waals surface area contributed by atoms with Gasteiger partial charge >= 0.3 is 5.97 Å². The number of nitrogens with zero attached hydrogens (tertiary/aromatic N) is 1. The Hall–Kier alpha value is -3.25. The molecule has 1 aliphatic heterocycles. The lowest BCUT2D eigenvalue weighted by Gasteiger charge is -2.32. The predicted octanol–water partition coefficient (Wildman–Crippen LogP) is 4.99. The zero-order chi connectivity index (χ0) is 22.0. The van der Waals surface area contributed by atoms with Crippen LogP contribution in [-0.2, 0) is 4.74 Å². The highest BCUT2D eigenvalue weighted by atomic mass is 19.1. The number of carboxylic acid groups (broad SMARTS) is 1. The van der Waals surface area contributed by atoms with Crippen molar-refractivity contribution < 1.29 is 23.8 Å². The molecule has 31 heavy (non-hydrogen) atoms. The van der Waals surface area contributed by atoms with Crippen molar-refractivity contribution in [3.8, 4) is 11.1 Å². The predicted molar refractivity (Wildman–Crippen MR) is 117 cm³/mol. The second-order valence-corrected chi connectivity index (χ2v) is 7.65. The number of fused-ring (bicyclic) bond motifs is 1. The number of amides is 1. The molecule has 0 atom stereocenters. The first kappa shape index (κ1) is 21.0. The van der Waals surface area contributed by atoms with Crippen molar-refractivity contribution in [2.75, 3.05) is 19.7 Å². The molecule has 1 heterocycles. The fourth-order valence-corrected chi connectivity index (χ4v) is 4.24. The van der Waals surface area contributed by atoms with Crippen LogP contribution in [0.2, 0.25) is 0 Å². The van der Waals surface area contributed by atoms with Crippen LogP contribution in [0.25, 0.3) is 21.9 Å². The standard InChI is InChI=1S/C25H24FNO4/c1-2-31-17-11-13-27(14-12-17)24(28)21-8-4-6-19-18(5-3-7-20(19)21)16-9-10-23(26)22(15-16)25(29)30/h3-10,15,17H,2,11-14H2,1H3,(H,29,30). The van der Waals surface area contributed by atoms with E-state index < -0.39 is 11.8 Å². The summed E-state index contributed by atoms with van der Waals surface area (Å²) in [5.41, 5.74) is 1.57. The summed E-state index contributed by atoms with van der Waals surface area (Å²) in [6.45, 7) is 3.96. The van der Waals surface area contributed by atoms with Crippen molar-refractivity contribution in [3.63, 3.8) is 0 Å². The van der Waals surface area contributed by atoms with Crippen LogP contribution in [0.4, 0.5) is 4.39 Å². The molecule has 0 unspecified atom stereocenters. The first-order chi connectivity index (χ1) is 15.0. The van der Waals surface area contributed by atoms with Crippen LogP contribution in [0, 0.1) is 5.82 Å². The summed E-state index contributed by atoms with van der Waals surface area (Å²) in [6.07, 6.45) is 1.85. The van der Waals surface area contributed by atoms with Gasteiger partial charge < -0.3 is 14.7 Å². The Kier molecular flexibility index (Phi) is 6.00. The zero-order valence-electron chi connectivity index (χ0n) is 17.3. The van der Waals surface area contributed by atoms with Gasteiger partial charge in [0.1, 0.15) is 5.82 Å². The first-order valence-electron chi connectivity index (χ1n) is 10.5. The van der Waals surface area contributed by atoms with Gasteiger partial charge in [0.05, 0.1) is 11.7 Å². The second-order valence-electron chi connectivity index (χ2n) is 7.65. The number of aromatic carboxylic acids is 1. The van der Waals surface area contributed by atoms with E-state index in [0.29, 0.717) is 30.8 Å². The fraction of sp³-hybridized carbons (Fsp3) is 0.280. The number of likely N-dealkylation sites (tertiary alicyclic amines) is 1. The molecule has 160 valence electrons. The van der Waals surface area contributed by atoms with Crippen LogP contribution in [0.3, 0.4) is 0 Å². The van der Waals surface area contributed by atoms with Crippen molar-refractivity contribution >= 4 is 22.6 Å². The number of ether oxygens (including phenoxy) is 1. The molecular formula is C25H24FNO4. The van der Waals surface area contributed by atoms with Gasteiger partial charge in [-0.3, -0.25) is 4.79 Å². The summed E-state index contributed by atoms with van der Waals surface area (Å²) in [4.78, 5) is 26.5. The lowest BCUT2D eigenvalue weighted by atomic mass is 9.94. The van der Waals surface area contributed by atoms with E-state index in [1.807, 2.05) is 48.2 Å². The van der Waals surface area contributed by atoms with Gasteiger partial charge in [-0.15, -0.1) is 0 Å². The number of benzene rings is 3. The average molecular weight is 421 g/mol. The number of carboxylic acids is 1. The van der Waals surface area contributed by atoms with Gasteiger partial charge in [0.2, 0.25) is 0 Å². The van der Waals surface area contributed by atoms with Crippen LogP contribution >= 0.6 is 0 Å². The minimum atomic E-state index is -1.31. The van der Waals surface area contributed by atoms with Crippen LogP contribution in [0.5, 0.6) is 0 Å². The molecule has 0 aromatic heterocycles. The summed E-state index contributed by atoms with van der Waals surface area (Å²) in [7, 11) is 0. The Balaban J connectivity index is 1.70. The maximum atomic E-state index is 13.9. The largest absolute Gasteiger partial charge is 0.478 e. The minimum Gasteiger partial charge on any atom is -0.478 e. The summed E-state index contributed by atoms with van der Waals surface area (Å²) in [6, 6.07) is 15.2. The van der Waals surface area contributed by atoms with E-state index in [1.54, 1.807) is 6.07 Å². The molecule has 5 nitrogen and oxygen atoms in total. The number of piperidine rings is 1. The maximum absolute atomic E-state index is 13.9. The molecule has 1 N–H and O–H groups in total. The van der Waals surface area contributed by atoms with E-state index >= 15 is 0 Å². The Labute approximate surface area is 180 Å². The minimum absolute atomic E-state index is 0.0250. The third kappa shape index (κ3) is 4.16. The number of halogens is 1. The van der Waals surface area contributed by atoms with E-state index in [2.05, 4.69) is 0 Å². The maximum Gasteiger partial charge on any atom is 0.338 e. The molecule has 0 bridgehead atoms. The lowest BCUT2D eigenvalue weighted by molar-refractivity contribution is 0.0146. The lowest BCUT2D eigenvalue weighted by Crippen LogP contribution is -2.41. The number of hydrogen-bond acceptors (Lipinski definition) is 3. The van der Waals surface area contributed by atoms with E-state index in [0.717, 1.165) is 35.2 Å². The van der Waals surface area contributed by atoms with E-state index in [9.17, 15) is 19.1 Å². The molecule has 0 spiro atoms. The SMILES string of the molecule is CCOC1CCN(C(=O)c2cccc3c(-c4ccc(F)c(C(=O)O)c4)cccc23)CC1. The number of hydrogen-bond donors (Lipinski definition) is 1. The van der Waals surface area contributed by atoms with Crippen LogP contribution < -0.4 is 0 Å². The molecule has 6 heteroatoms. The summed E-state index contributed by atoms with van der Waals surface area (Å²) in [5.74, 6) is -2.11. The monoisotopic (exact) mass is 421 g/mol. The average Bonchev–Trinajstić information content (AvgIpc) is 2.79. The fourth-order valence-electron chi connectivity index (χ4n) is 4.24. The van der Waals surface area contributed by atoms with Crippen molar-refractivity contribution in [2.24, 2.45) is 0 Å². The van der Waals surface area contributed by atoms with E-state index in [1.165, 1.54) is 6.07 Å². The van der Waals surface area contributed by atoms with Gasteiger partial charge in [0, 0.05) is 25.3 Å². The van der Waals surface area contributed by atoms with Gasteiger partial charge in [-0.25, -0.2) is 9.18 Å². The van der Waals surface area contributed by atoms with Crippen LogP contribution in [0.15, 0.2) is 54.6 Å². The summed E-state index contributed by atoms with van der Waals surface area (Å²) < 4.78 is 19.5. The summed E-state index contributed by atoms with van der Waals surface area (Å²) in [5, 5.41) is 10.9. The molecule has 3 aromatic rings. The third-order valence-electron chi connectivity index (χ3n) is 5.79. The van der Waals surface area contributed by atoms with E-state index in [-0.39, 0.29) is 17.6 Å². The molecule has 1 saturated heterocycles. The Morgan fingerprint density at radius 2 is 1.74 bits per heavy atom. The van der Waals surface area contributed by atoms with Gasteiger partial charge in [0.25, 0.3) is 5.91 Å². The molecule has 4 rings (SSSR count). The first-order valence-corrected chi connectivity index (χ1v) is 10.5. The Morgan fingerprint density at radius 3 is 2.45 bits per heavy atom. The van der Waals surface area contributed by atoms with Crippen molar-refractivity contribution in [1.82, 2.24) is 4.90 Å². The highest BCUT2D eigenvalue weighted by Crippen LogP contribution is 2.32. The van der Waals surface area contributed by atoms with Gasteiger partial charge in [0.15, 0.2) is 0 Å². The number of carbonyl (C=O) groups excluding carboxylic acids is 1.